The third-order valence-electron chi connectivity index (χ3n) is 1.69. The van der Waals surface area contributed by atoms with Gasteiger partial charge in [-0.3, -0.25) is 0 Å². The van der Waals surface area contributed by atoms with Crippen molar-refractivity contribution in [1.82, 2.24) is 0 Å². The molecule has 0 saturated heterocycles. The first-order chi connectivity index (χ1) is 5.93. The summed E-state index contributed by atoms with van der Waals surface area (Å²) in [7, 11) is 0. The van der Waals surface area contributed by atoms with Crippen LogP contribution in [-0.2, 0) is 0 Å². The molecule has 1 aromatic rings. The van der Waals surface area contributed by atoms with Crippen LogP contribution in [0.5, 0.6) is 0 Å². The number of allylic oxidation sites excluding steroid dienone is 1. The Labute approximate surface area is 74.9 Å². The van der Waals surface area contributed by atoms with Crippen molar-refractivity contribution >= 4 is 0 Å². The topological polar surface area (TPSA) is 0 Å². The van der Waals surface area contributed by atoms with Gasteiger partial charge < -0.3 is 0 Å². The molecule has 0 heterocycles. The highest BCUT2D eigenvalue weighted by Gasteiger charge is 1.91. The van der Waals surface area contributed by atoms with Crippen molar-refractivity contribution in [3.63, 3.8) is 0 Å². The van der Waals surface area contributed by atoms with Crippen molar-refractivity contribution < 1.29 is 0 Å². The van der Waals surface area contributed by atoms with Gasteiger partial charge in [-0.2, -0.15) is 0 Å². The van der Waals surface area contributed by atoms with Crippen LogP contribution in [0.1, 0.15) is 24.8 Å². The first-order valence-electron chi connectivity index (χ1n) is 4.33. The van der Waals surface area contributed by atoms with Gasteiger partial charge in [0, 0.05) is 6.42 Å². The van der Waals surface area contributed by atoms with E-state index in [1.165, 1.54) is 5.56 Å². The number of benzene rings is 1. The van der Waals surface area contributed by atoms with Gasteiger partial charge in [-0.1, -0.05) is 36.4 Å². The molecule has 0 heteroatoms. The average Bonchev–Trinajstić information content (AvgIpc) is 2.14. The predicted octanol–water partition coefficient (Wildman–Crippen LogP) is 3.47. The summed E-state index contributed by atoms with van der Waals surface area (Å²) >= 11 is 0. The van der Waals surface area contributed by atoms with Gasteiger partial charge in [-0.15, -0.1) is 6.58 Å². The van der Waals surface area contributed by atoms with Gasteiger partial charge >= 0.3 is 0 Å². The second-order valence-electron chi connectivity index (χ2n) is 2.72. The Kier molecular flexibility index (Phi) is 4.22. The number of rotatable bonds is 5. The summed E-state index contributed by atoms with van der Waals surface area (Å²) < 4.78 is 0. The molecule has 0 amide bonds. The fraction of sp³-hybridized carbons (Fsp3) is 0.250. The van der Waals surface area contributed by atoms with E-state index >= 15 is 0 Å². The molecule has 1 rings (SSSR count). The van der Waals surface area contributed by atoms with Crippen molar-refractivity contribution in [3.05, 3.63) is 55.0 Å². The third-order valence-corrected chi connectivity index (χ3v) is 1.69. The Hall–Kier alpha value is -1.04. The van der Waals surface area contributed by atoms with E-state index in [-0.39, 0.29) is 0 Å². The molecule has 0 aliphatic carbocycles. The maximum absolute atomic E-state index is 3.68. The van der Waals surface area contributed by atoms with E-state index in [2.05, 4.69) is 25.1 Å². The Morgan fingerprint density at radius 3 is 2.67 bits per heavy atom. The lowest BCUT2D eigenvalue weighted by molar-refractivity contribution is 0.838. The van der Waals surface area contributed by atoms with Crippen LogP contribution >= 0.6 is 0 Å². The zero-order chi connectivity index (χ0) is 8.65. The fourth-order valence-electron chi connectivity index (χ4n) is 1.04. The Bertz CT molecular complexity index is 211. The van der Waals surface area contributed by atoms with Crippen LogP contribution in [0.3, 0.4) is 0 Å². The summed E-state index contributed by atoms with van der Waals surface area (Å²) in [6.45, 7) is 3.68. The van der Waals surface area contributed by atoms with Crippen LogP contribution in [0.2, 0.25) is 0 Å². The molecule has 0 nitrogen and oxygen atoms in total. The van der Waals surface area contributed by atoms with Crippen molar-refractivity contribution in [2.24, 2.45) is 0 Å². The monoisotopic (exact) mass is 158 g/mol. The lowest BCUT2D eigenvalue weighted by Gasteiger charge is -1.97. The molecule has 0 bridgehead atoms. The molecule has 12 heavy (non-hydrogen) atoms. The summed E-state index contributed by atoms with van der Waals surface area (Å²) in [5.41, 5.74) is 1.20. The second kappa shape index (κ2) is 5.59. The van der Waals surface area contributed by atoms with E-state index < -0.39 is 0 Å². The van der Waals surface area contributed by atoms with E-state index in [4.69, 9.17) is 0 Å². The molecular weight excluding hydrogens is 144 g/mol. The molecular formula is C12H14. The zero-order valence-corrected chi connectivity index (χ0v) is 7.29. The minimum atomic E-state index is 1.02. The third kappa shape index (κ3) is 3.38. The fourth-order valence-corrected chi connectivity index (χ4v) is 1.04. The van der Waals surface area contributed by atoms with Gasteiger partial charge in [-0.05, 0) is 24.8 Å². The predicted molar refractivity (Wildman–Crippen MR) is 52.8 cm³/mol. The first-order valence-corrected chi connectivity index (χ1v) is 4.33. The molecule has 62 valence electrons. The number of hydrogen-bond acceptors (Lipinski definition) is 0. The van der Waals surface area contributed by atoms with Crippen LogP contribution in [0, 0.1) is 6.42 Å². The molecule has 0 N–H and O–H groups in total. The SMILES string of the molecule is C=CCCC[C]c1ccccc1. The maximum atomic E-state index is 3.68. The number of unbranched alkanes of at least 4 members (excludes halogenated alkanes) is 2. The van der Waals surface area contributed by atoms with E-state index in [1.54, 1.807) is 0 Å². The highest BCUT2D eigenvalue weighted by molar-refractivity contribution is 5.21. The molecule has 0 unspecified atom stereocenters. The average molecular weight is 158 g/mol. The van der Waals surface area contributed by atoms with Crippen LogP contribution in [0.15, 0.2) is 43.0 Å². The Morgan fingerprint density at radius 1 is 1.25 bits per heavy atom. The van der Waals surface area contributed by atoms with Crippen LogP contribution in [-0.4, -0.2) is 0 Å². The molecule has 0 saturated carbocycles. The first kappa shape index (κ1) is 9.05. The van der Waals surface area contributed by atoms with Crippen molar-refractivity contribution in [3.8, 4) is 0 Å². The van der Waals surface area contributed by atoms with Gasteiger partial charge in [0.05, 0.1) is 0 Å². The largest absolute Gasteiger partial charge is 0.103 e. The molecule has 0 aromatic heterocycles. The quantitative estimate of drug-likeness (QED) is 0.454. The van der Waals surface area contributed by atoms with Crippen molar-refractivity contribution in [2.75, 3.05) is 0 Å². The highest BCUT2D eigenvalue weighted by atomic mass is 14.0. The van der Waals surface area contributed by atoms with Crippen molar-refractivity contribution in [1.29, 1.82) is 0 Å². The normalized spacial score (nSPS) is 9.67. The number of hydrogen-bond donors (Lipinski definition) is 0. The second-order valence-corrected chi connectivity index (χ2v) is 2.72. The van der Waals surface area contributed by atoms with Gasteiger partial charge in [0.2, 0.25) is 0 Å². The van der Waals surface area contributed by atoms with Crippen LogP contribution < -0.4 is 0 Å². The molecule has 0 aliphatic rings. The van der Waals surface area contributed by atoms with Gasteiger partial charge in [0.15, 0.2) is 0 Å². The van der Waals surface area contributed by atoms with Crippen molar-refractivity contribution in [2.45, 2.75) is 19.3 Å². The zero-order valence-electron chi connectivity index (χ0n) is 7.29. The molecule has 0 spiro atoms. The van der Waals surface area contributed by atoms with Gasteiger partial charge in [0.1, 0.15) is 0 Å². The standard InChI is InChI=1S/C12H14/c1-2-3-4-6-9-12-10-7-5-8-11-12/h2,5,7-8,10-11H,1,3-4,6H2. The summed E-state index contributed by atoms with van der Waals surface area (Å²) in [4.78, 5) is 0. The maximum Gasteiger partial charge on any atom is 0.0164 e. The minimum Gasteiger partial charge on any atom is -0.103 e. The lowest BCUT2D eigenvalue weighted by atomic mass is 10.1. The van der Waals surface area contributed by atoms with E-state index in [0.717, 1.165) is 19.3 Å². The molecule has 2 radical (unpaired) electrons. The molecule has 1 aromatic carbocycles. The minimum absolute atomic E-state index is 1.02. The smallest absolute Gasteiger partial charge is 0.0164 e. The van der Waals surface area contributed by atoms with E-state index in [1.807, 2.05) is 24.3 Å². The van der Waals surface area contributed by atoms with Gasteiger partial charge in [-0.25, -0.2) is 0 Å². The Morgan fingerprint density at radius 2 is 2.00 bits per heavy atom. The lowest BCUT2D eigenvalue weighted by Crippen LogP contribution is -1.80. The summed E-state index contributed by atoms with van der Waals surface area (Å²) in [5, 5.41) is 0. The summed E-state index contributed by atoms with van der Waals surface area (Å²) in [6.07, 6.45) is 8.54. The van der Waals surface area contributed by atoms with Crippen LogP contribution in [0.25, 0.3) is 0 Å². The Balaban J connectivity index is 2.20. The van der Waals surface area contributed by atoms with Gasteiger partial charge in [0.25, 0.3) is 0 Å². The highest BCUT2D eigenvalue weighted by Crippen LogP contribution is 2.08. The van der Waals surface area contributed by atoms with Crippen LogP contribution in [0.4, 0.5) is 0 Å². The molecule has 0 fully saturated rings. The van der Waals surface area contributed by atoms with E-state index in [0.29, 0.717) is 0 Å². The summed E-state index contributed by atoms with van der Waals surface area (Å²) in [6, 6.07) is 10.3. The molecule has 0 atom stereocenters. The summed E-state index contributed by atoms with van der Waals surface area (Å²) in [5.74, 6) is 0. The molecule has 0 aliphatic heterocycles. The van der Waals surface area contributed by atoms with E-state index in [9.17, 15) is 0 Å².